The molecule has 1 heterocycles. The van der Waals surface area contributed by atoms with Gasteiger partial charge in [-0.25, -0.2) is 0 Å². The van der Waals surface area contributed by atoms with Gasteiger partial charge < -0.3 is 4.90 Å². The van der Waals surface area contributed by atoms with Crippen molar-refractivity contribution in [1.82, 2.24) is 9.88 Å². The Labute approximate surface area is 131 Å². The van der Waals surface area contributed by atoms with Crippen molar-refractivity contribution in [2.75, 3.05) is 6.54 Å². The van der Waals surface area contributed by atoms with Gasteiger partial charge in [-0.2, -0.15) is 0 Å². The van der Waals surface area contributed by atoms with Crippen LogP contribution >= 0.6 is 27.5 Å². The van der Waals surface area contributed by atoms with Crippen LogP contribution in [-0.4, -0.2) is 22.3 Å². The number of nitrogens with zero attached hydrogens (tertiary/aromatic N) is 2. The Bertz CT molecular complexity index is 604. The largest absolute Gasteiger partial charge is 0.333 e. The lowest BCUT2D eigenvalue weighted by atomic mass is 10.2. The van der Waals surface area contributed by atoms with E-state index in [9.17, 15) is 4.79 Å². The third-order valence-electron chi connectivity index (χ3n) is 2.91. The lowest BCUT2D eigenvalue weighted by Gasteiger charge is -2.21. The summed E-state index contributed by atoms with van der Waals surface area (Å²) in [5.74, 6) is -0.0931. The number of benzene rings is 1. The molecule has 5 heteroatoms. The molecular formula is C15H14BrClN2O. The minimum atomic E-state index is -0.0931. The first-order valence-electron chi connectivity index (χ1n) is 6.26. The minimum absolute atomic E-state index is 0.0931. The summed E-state index contributed by atoms with van der Waals surface area (Å²) in [6.07, 6.45) is 1.72. The second-order valence-electron chi connectivity index (χ2n) is 4.26. The Morgan fingerprint density at radius 1 is 1.35 bits per heavy atom. The molecule has 0 aliphatic rings. The van der Waals surface area contributed by atoms with Crippen molar-refractivity contribution in [3.63, 3.8) is 0 Å². The third-order valence-corrected chi connectivity index (χ3v) is 3.73. The number of rotatable bonds is 4. The number of amides is 1. The molecule has 0 aliphatic heterocycles. The van der Waals surface area contributed by atoms with Gasteiger partial charge in [-0.05, 0) is 37.3 Å². The Balaban J connectivity index is 2.23. The molecule has 20 heavy (non-hydrogen) atoms. The Morgan fingerprint density at radius 3 is 2.80 bits per heavy atom. The standard InChI is InChI=1S/C15H14BrClN2O/c1-2-19(10-12-5-3-4-8-18-12)15(20)13-9-11(16)6-7-14(13)17/h3-9H,2,10H2,1H3. The van der Waals surface area contributed by atoms with E-state index < -0.39 is 0 Å². The van der Waals surface area contributed by atoms with E-state index >= 15 is 0 Å². The zero-order chi connectivity index (χ0) is 14.5. The summed E-state index contributed by atoms with van der Waals surface area (Å²) in [6.45, 7) is 3.00. The van der Waals surface area contributed by atoms with E-state index in [-0.39, 0.29) is 5.91 Å². The van der Waals surface area contributed by atoms with E-state index in [0.717, 1.165) is 10.2 Å². The van der Waals surface area contributed by atoms with Crippen LogP contribution in [0.4, 0.5) is 0 Å². The van der Waals surface area contributed by atoms with Crippen LogP contribution in [0.2, 0.25) is 5.02 Å². The second-order valence-corrected chi connectivity index (χ2v) is 5.59. The van der Waals surface area contributed by atoms with Gasteiger partial charge >= 0.3 is 0 Å². The maximum atomic E-state index is 12.5. The van der Waals surface area contributed by atoms with Crippen LogP contribution < -0.4 is 0 Å². The summed E-state index contributed by atoms with van der Waals surface area (Å²) < 4.78 is 0.833. The summed E-state index contributed by atoms with van der Waals surface area (Å²) >= 11 is 9.47. The summed E-state index contributed by atoms with van der Waals surface area (Å²) in [7, 11) is 0. The van der Waals surface area contributed by atoms with Crippen LogP contribution in [-0.2, 0) is 6.54 Å². The molecule has 3 nitrogen and oxygen atoms in total. The number of halogens is 2. The fourth-order valence-corrected chi connectivity index (χ4v) is 2.41. The first-order valence-corrected chi connectivity index (χ1v) is 7.43. The molecule has 0 radical (unpaired) electrons. The van der Waals surface area contributed by atoms with Gasteiger partial charge in [0.2, 0.25) is 0 Å². The van der Waals surface area contributed by atoms with Crippen molar-refractivity contribution < 1.29 is 4.79 Å². The molecule has 1 amide bonds. The van der Waals surface area contributed by atoms with E-state index in [0.29, 0.717) is 23.7 Å². The molecule has 1 aromatic carbocycles. The van der Waals surface area contributed by atoms with E-state index in [1.165, 1.54) is 0 Å². The summed E-state index contributed by atoms with van der Waals surface area (Å²) in [6, 6.07) is 10.9. The van der Waals surface area contributed by atoms with E-state index in [1.54, 1.807) is 23.2 Å². The van der Waals surface area contributed by atoms with Crippen LogP contribution in [0.3, 0.4) is 0 Å². The van der Waals surface area contributed by atoms with Gasteiger partial charge in [-0.3, -0.25) is 9.78 Å². The summed E-state index contributed by atoms with van der Waals surface area (Å²) in [5, 5.41) is 0.456. The van der Waals surface area contributed by atoms with Gasteiger partial charge in [-0.1, -0.05) is 33.6 Å². The van der Waals surface area contributed by atoms with Crippen molar-refractivity contribution >= 4 is 33.4 Å². The highest BCUT2D eigenvalue weighted by atomic mass is 79.9. The van der Waals surface area contributed by atoms with Crippen LogP contribution in [0.1, 0.15) is 23.0 Å². The number of aromatic nitrogens is 1. The van der Waals surface area contributed by atoms with Crippen molar-refractivity contribution in [2.45, 2.75) is 13.5 Å². The molecule has 1 aromatic heterocycles. The summed E-state index contributed by atoms with van der Waals surface area (Å²) in [4.78, 5) is 18.5. The monoisotopic (exact) mass is 352 g/mol. The molecule has 0 unspecified atom stereocenters. The van der Waals surface area contributed by atoms with Crippen molar-refractivity contribution in [3.8, 4) is 0 Å². The molecular weight excluding hydrogens is 340 g/mol. The average molecular weight is 354 g/mol. The topological polar surface area (TPSA) is 33.2 Å². The smallest absolute Gasteiger partial charge is 0.255 e. The number of hydrogen-bond acceptors (Lipinski definition) is 2. The Kier molecular flexibility index (Phi) is 5.15. The van der Waals surface area contributed by atoms with Crippen molar-refractivity contribution in [3.05, 3.63) is 63.3 Å². The zero-order valence-corrected chi connectivity index (χ0v) is 13.4. The molecule has 0 aliphatic carbocycles. The lowest BCUT2D eigenvalue weighted by molar-refractivity contribution is 0.0750. The van der Waals surface area contributed by atoms with Gasteiger partial charge in [-0.15, -0.1) is 0 Å². The highest BCUT2D eigenvalue weighted by Gasteiger charge is 2.18. The molecule has 0 saturated carbocycles. The molecule has 2 rings (SSSR count). The lowest BCUT2D eigenvalue weighted by Crippen LogP contribution is -2.30. The maximum Gasteiger partial charge on any atom is 0.255 e. The number of carbonyl (C=O) groups excluding carboxylic acids is 1. The Morgan fingerprint density at radius 2 is 2.15 bits per heavy atom. The van der Waals surface area contributed by atoms with Crippen LogP contribution in [0, 0.1) is 0 Å². The molecule has 0 atom stereocenters. The normalized spacial score (nSPS) is 10.3. The molecule has 0 saturated heterocycles. The predicted octanol–water partition coefficient (Wildman–Crippen LogP) is 4.16. The molecule has 0 N–H and O–H groups in total. The van der Waals surface area contributed by atoms with E-state index in [1.807, 2.05) is 31.2 Å². The van der Waals surface area contributed by atoms with Crippen LogP contribution in [0.5, 0.6) is 0 Å². The zero-order valence-electron chi connectivity index (χ0n) is 11.0. The summed E-state index contributed by atoms with van der Waals surface area (Å²) in [5.41, 5.74) is 1.35. The number of pyridine rings is 1. The predicted molar refractivity (Wildman–Crippen MR) is 83.8 cm³/mol. The maximum absolute atomic E-state index is 12.5. The van der Waals surface area contributed by atoms with Gasteiger partial charge in [0, 0.05) is 17.2 Å². The highest BCUT2D eigenvalue weighted by Crippen LogP contribution is 2.23. The fraction of sp³-hybridized carbons (Fsp3) is 0.200. The minimum Gasteiger partial charge on any atom is -0.333 e. The third kappa shape index (κ3) is 3.58. The van der Waals surface area contributed by atoms with E-state index in [2.05, 4.69) is 20.9 Å². The van der Waals surface area contributed by atoms with Gasteiger partial charge in [0.1, 0.15) is 0 Å². The van der Waals surface area contributed by atoms with Gasteiger partial charge in [0.05, 0.1) is 22.8 Å². The van der Waals surface area contributed by atoms with Gasteiger partial charge in [0.25, 0.3) is 5.91 Å². The van der Waals surface area contributed by atoms with Crippen LogP contribution in [0.25, 0.3) is 0 Å². The van der Waals surface area contributed by atoms with Crippen LogP contribution in [0.15, 0.2) is 47.1 Å². The molecule has 0 bridgehead atoms. The van der Waals surface area contributed by atoms with Crippen molar-refractivity contribution in [1.29, 1.82) is 0 Å². The van der Waals surface area contributed by atoms with Gasteiger partial charge in [0.15, 0.2) is 0 Å². The molecule has 0 fully saturated rings. The fourth-order valence-electron chi connectivity index (χ4n) is 1.85. The molecule has 0 spiro atoms. The number of hydrogen-bond donors (Lipinski definition) is 0. The Hall–Kier alpha value is -1.39. The number of carbonyl (C=O) groups is 1. The molecule has 104 valence electrons. The van der Waals surface area contributed by atoms with Crippen molar-refractivity contribution in [2.24, 2.45) is 0 Å². The highest BCUT2D eigenvalue weighted by molar-refractivity contribution is 9.10. The average Bonchev–Trinajstić information content (AvgIpc) is 2.47. The first kappa shape index (κ1) is 15.0. The first-order chi connectivity index (χ1) is 9.61. The second kappa shape index (κ2) is 6.86. The molecule has 2 aromatic rings. The SMILES string of the molecule is CCN(Cc1ccccn1)C(=O)c1cc(Br)ccc1Cl. The van der Waals surface area contributed by atoms with E-state index in [4.69, 9.17) is 11.6 Å². The quantitative estimate of drug-likeness (QED) is 0.827.